The SMILES string of the molecule is COc1ccc(CCN(C)[C@H](C)C(=O)Nc2ccc(N3CCOCC3)cc2)cc1OC. The summed E-state index contributed by atoms with van der Waals surface area (Å²) in [7, 11) is 5.22. The maximum atomic E-state index is 12.7. The van der Waals surface area contributed by atoms with Crippen LogP contribution in [0.2, 0.25) is 0 Å². The fourth-order valence-electron chi connectivity index (χ4n) is 3.56. The molecule has 1 fully saturated rings. The second kappa shape index (κ2) is 11.0. The molecule has 0 aliphatic carbocycles. The lowest BCUT2D eigenvalue weighted by Crippen LogP contribution is -2.40. The minimum absolute atomic E-state index is 0.0195. The van der Waals surface area contributed by atoms with E-state index in [2.05, 4.69) is 10.2 Å². The Kier molecular flexibility index (Phi) is 8.14. The van der Waals surface area contributed by atoms with Crippen LogP contribution in [0, 0.1) is 0 Å². The molecule has 0 unspecified atom stereocenters. The van der Waals surface area contributed by atoms with Crippen LogP contribution in [0.3, 0.4) is 0 Å². The highest BCUT2D eigenvalue weighted by Gasteiger charge is 2.18. The van der Waals surface area contributed by atoms with Gasteiger partial charge in [-0.1, -0.05) is 6.07 Å². The molecule has 3 rings (SSSR count). The van der Waals surface area contributed by atoms with Gasteiger partial charge in [0.15, 0.2) is 11.5 Å². The van der Waals surface area contributed by atoms with E-state index in [0.717, 1.165) is 56.2 Å². The van der Waals surface area contributed by atoms with Crippen LogP contribution in [0.4, 0.5) is 11.4 Å². The highest BCUT2D eigenvalue weighted by Crippen LogP contribution is 2.27. The summed E-state index contributed by atoms with van der Waals surface area (Å²) in [6.07, 6.45) is 0.808. The number of likely N-dealkylation sites (N-methyl/N-ethyl adjacent to an activating group) is 1. The lowest BCUT2D eigenvalue weighted by Gasteiger charge is -2.29. The fraction of sp³-hybridized carbons (Fsp3) is 0.458. The summed E-state index contributed by atoms with van der Waals surface area (Å²) >= 11 is 0. The fourth-order valence-corrected chi connectivity index (χ4v) is 3.56. The second-order valence-electron chi connectivity index (χ2n) is 7.73. The zero-order valence-electron chi connectivity index (χ0n) is 18.9. The van der Waals surface area contributed by atoms with Gasteiger partial charge in [-0.2, -0.15) is 0 Å². The maximum absolute atomic E-state index is 12.7. The third-order valence-electron chi connectivity index (χ3n) is 5.75. The summed E-state index contributed by atoms with van der Waals surface area (Å²) in [6, 6.07) is 13.7. The Morgan fingerprint density at radius 2 is 1.77 bits per heavy atom. The third-order valence-corrected chi connectivity index (χ3v) is 5.75. The molecule has 7 heteroatoms. The molecule has 1 saturated heterocycles. The highest BCUT2D eigenvalue weighted by atomic mass is 16.5. The summed E-state index contributed by atoms with van der Waals surface area (Å²) < 4.78 is 16.1. The zero-order chi connectivity index (χ0) is 22.2. The molecule has 31 heavy (non-hydrogen) atoms. The average molecular weight is 428 g/mol. The van der Waals surface area contributed by atoms with Crippen LogP contribution in [-0.2, 0) is 16.0 Å². The lowest BCUT2D eigenvalue weighted by molar-refractivity contribution is -0.120. The Bertz CT molecular complexity index is 850. The van der Waals surface area contributed by atoms with Gasteiger partial charge in [0.25, 0.3) is 0 Å². The molecule has 1 amide bonds. The normalized spacial score (nSPS) is 14.9. The van der Waals surface area contributed by atoms with Crippen LogP contribution < -0.4 is 19.7 Å². The van der Waals surface area contributed by atoms with Crippen molar-refractivity contribution in [3.05, 3.63) is 48.0 Å². The number of carbonyl (C=O) groups excluding carboxylic acids is 1. The third kappa shape index (κ3) is 6.12. The largest absolute Gasteiger partial charge is 0.493 e. The predicted octanol–water partition coefficient (Wildman–Crippen LogP) is 3.04. The molecular formula is C24H33N3O4. The van der Waals surface area contributed by atoms with Gasteiger partial charge >= 0.3 is 0 Å². The summed E-state index contributed by atoms with van der Waals surface area (Å²) in [6.45, 7) is 5.98. The van der Waals surface area contributed by atoms with Crippen molar-refractivity contribution >= 4 is 17.3 Å². The number of anilines is 2. The van der Waals surface area contributed by atoms with Crippen LogP contribution in [0.25, 0.3) is 0 Å². The smallest absolute Gasteiger partial charge is 0.241 e. The number of methoxy groups -OCH3 is 2. The van der Waals surface area contributed by atoms with Crippen molar-refractivity contribution in [3.8, 4) is 11.5 Å². The first kappa shape index (κ1) is 22.9. The van der Waals surface area contributed by atoms with Crippen molar-refractivity contribution in [3.63, 3.8) is 0 Å². The monoisotopic (exact) mass is 427 g/mol. The number of nitrogens with one attached hydrogen (secondary N) is 1. The molecule has 1 atom stereocenters. The zero-order valence-corrected chi connectivity index (χ0v) is 18.9. The first-order valence-corrected chi connectivity index (χ1v) is 10.7. The Balaban J connectivity index is 1.51. The molecular weight excluding hydrogens is 394 g/mol. The van der Waals surface area contributed by atoms with Gasteiger partial charge in [-0.3, -0.25) is 9.69 Å². The van der Waals surface area contributed by atoms with Crippen molar-refractivity contribution in [2.24, 2.45) is 0 Å². The second-order valence-corrected chi connectivity index (χ2v) is 7.73. The number of morpholine rings is 1. The molecule has 1 aliphatic heterocycles. The van der Waals surface area contributed by atoms with E-state index in [1.165, 1.54) is 0 Å². The molecule has 2 aromatic rings. The molecule has 1 N–H and O–H groups in total. The van der Waals surface area contributed by atoms with Gasteiger partial charge in [0.2, 0.25) is 5.91 Å². The molecule has 0 saturated carbocycles. The molecule has 0 radical (unpaired) electrons. The van der Waals surface area contributed by atoms with E-state index >= 15 is 0 Å². The molecule has 0 spiro atoms. The molecule has 1 aliphatic rings. The van der Waals surface area contributed by atoms with Gasteiger partial charge in [-0.05, 0) is 62.4 Å². The summed E-state index contributed by atoms with van der Waals surface area (Å²) in [5, 5.41) is 3.02. The molecule has 7 nitrogen and oxygen atoms in total. The van der Waals surface area contributed by atoms with Crippen LogP contribution in [-0.4, -0.2) is 71.0 Å². The minimum Gasteiger partial charge on any atom is -0.493 e. The Labute approximate surface area is 184 Å². The number of rotatable bonds is 9. The van der Waals surface area contributed by atoms with E-state index in [-0.39, 0.29) is 11.9 Å². The quantitative estimate of drug-likeness (QED) is 0.664. The van der Waals surface area contributed by atoms with Gasteiger partial charge in [0.1, 0.15) is 0 Å². The Hall–Kier alpha value is -2.77. The van der Waals surface area contributed by atoms with E-state index in [0.29, 0.717) is 11.5 Å². The van der Waals surface area contributed by atoms with Crippen molar-refractivity contribution in [2.45, 2.75) is 19.4 Å². The predicted molar refractivity (Wildman–Crippen MR) is 123 cm³/mol. The van der Waals surface area contributed by atoms with Crippen LogP contribution in [0.5, 0.6) is 11.5 Å². The number of ether oxygens (including phenoxy) is 3. The van der Waals surface area contributed by atoms with E-state index in [1.54, 1.807) is 14.2 Å². The van der Waals surface area contributed by atoms with Crippen molar-refractivity contribution in [2.75, 3.05) is 64.3 Å². The van der Waals surface area contributed by atoms with E-state index in [9.17, 15) is 4.79 Å². The van der Waals surface area contributed by atoms with Crippen LogP contribution in [0.1, 0.15) is 12.5 Å². The number of hydrogen-bond acceptors (Lipinski definition) is 6. The van der Waals surface area contributed by atoms with Gasteiger partial charge in [-0.15, -0.1) is 0 Å². The summed E-state index contributed by atoms with van der Waals surface area (Å²) in [5.41, 5.74) is 3.10. The molecule has 2 aromatic carbocycles. The summed E-state index contributed by atoms with van der Waals surface area (Å²) in [4.78, 5) is 17.1. The topological polar surface area (TPSA) is 63.3 Å². The van der Waals surface area contributed by atoms with Crippen molar-refractivity contribution in [1.29, 1.82) is 0 Å². The molecule has 0 bridgehead atoms. The standard InChI is InChI=1S/C24H33N3O4/c1-18(26(2)12-11-19-5-10-22(29-3)23(17-19)30-4)24(28)25-20-6-8-21(9-7-20)27-13-15-31-16-14-27/h5-10,17-18H,11-16H2,1-4H3,(H,25,28)/t18-/m1/s1. The van der Waals surface area contributed by atoms with Crippen LogP contribution in [0.15, 0.2) is 42.5 Å². The number of nitrogens with zero attached hydrogens (tertiary/aromatic N) is 2. The van der Waals surface area contributed by atoms with Crippen molar-refractivity contribution in [1.82, 2.24) is 4.90 Å². The minimum atomic E-state index is -0.251. The van der Waals surface area contributed by atoms with E-state index in [1.807, 2.05) is 61.3 Å². The van der Waals surface area contributed by atoms with E-state index < -0.39 is 0 Å². The maximum Gasteiger partial charge on any atom is 0.241 e. The molecule has 0 aromatic heterocycles. The molecule has 168 valence electrons. The van der Waals surface area contributed by atoms with E-state index in [4.69, 9.17) is 14.2 Å². The number of hydrogen-bond donors (Lipinski definition) is 1. The Morgan fingerprint density at radius 1 is 1.10 bits per heavy atom. The summed E-state index contributed by atoms with van der Waals surface area (Å²) in [5.74, 6) is 1.41. The average Bonchev–Trinajstić information content (AvgIpc) is 2.82. The lowest BCUT2D eigenvalue weighted by atomic mass is 10.1. The first-order valence-electron chi connectivity index (χ1n) is 10.7. The van der Waals surface area contributed by atoms with Gasteiger partial charge in [0.05, 0.1) is 33.5 Å². The highest BCUT2D eigenvalue weighted by molar-refractivity contribution is 5.94. The van der Waals surface area contributed by atoms with Gasteiger partial charge in [0, 0.05) is 31.0 Å². The number of benzene rings is 2. The first-order chi connectivity index (χ1) is 15.0. The van der Waals surface area contributed by atoms with Crippen LogP contribution >= 0.6 is 0 Å². The van der Waals surface area contributed by atoms with Crippen molar-refractivity contribution < 1.29 is 19.0 Å². The number of carbonyl (C=O) groups is 1. The molecule has 1 heterocycles. The van der Waals surface area contributed by atoms with Gasteiger partial charge in [-0.25, -0.2) is 0 Å². The number of amides is 1. The Morgan fingerprint density at radius 3 is 2.42 bits per heavy atom. The van der Waals surface area contributed by atoms with Gasteiger partial charge < -0.3 is 24.4 Å².